The van der Waals surface area contributed by atoms with E-state index < -0.39 is 23.1 Å². The summed E-state index contributed by atoms with van der Waals surface area (Å²) >= 11 is 5.61. The van der Waals surface area contributed by atoms with Crippen LogP contribution in [0.1, 0.15) is 36.0 Å². The topological polar surface area (TPSA) is 66.4 Å². The fraction of sp³-hybridized carbons (Fsp3) is 0.429. The first-order valence-electron chi connectivity index (χ1n) is 6.41. The van der Waals surface area contributed by atoms with Gasteiger partial charge in [0, 0.05) is 12.1 Å². The number of nitrogens with one attached hydrogen (secondary N) is 1. The number of amides is 1. The molecule has 108 valence electrons. The van der Waals surface area contributed by atoms with Crippen LogP contribution in [0.25, 0.3) is 0 Å². The highest BCUT2D eigenvalue weighted by Crippen LogP contribution is 2.37. The van der Waals surface area contributed by atoms with Gasteiger partial charge in [-0.3, -0.25) is 9.59 Å². The summed E-state index contributed by atoms with van der Waals surface area (Å²) in [6.45, 7) is 0.0795. The highest BCUT2D eigenvalue weighted by molar-refractivity contribution is 6.31. The first kappa shape index (κ1) is 14.8. The van der Waals surface area contributed by atoms with Gasteiger partial charge in [0.1, 0.15) is 5.82 Å². The Hall–Kier alpha value is -1.62. The minimum Gasteiger partial charge on any atom is -0.481 e. The number of carboxylic acids is 1. The van der Waals surface area contributed by atoms with Gasteiger partial charge in [-0.15, -0.1) is 0 Å². The Morgan fingerprint density at radius 3 is 2.55 bits per heavy atom. The van der Waals surface area contributed by atoms with E-state index in [1.165, 1.54) is 12.1 Å². The molecule has 0 bridgehead atoms. The Morgan fingerprint density at radius 1 is 1.35 bits per heavy atom. The van der Waals surface area contributed by atoms with Crippen molar-refractivity contribution < 1.29 is 19.1 Å². The molecule has 0 unspecified atom stereocenters. The smallest absolute Gasteiger partial charge is 0.311 e. The molecule has 0 atom stereocenters. The summed E-state index contributed by atoms with van der Waals surface area (Å²) in [5.74, 6) is -1.92. The Kier molecular flexibility index (Phi) is 4.28. The quantitative estimate of drug-likeness (QED) is 0.898. The van der Waals surface area contributed by atoms with E-state index in [0.717, 1.165) is 18.9 Å². The van der Waals surface area contributed by atoms with Crippen molar-refractivity contribution in [3.63, 3.8) is 0 Å². The van der Waals surface area contributed by atoms with Crippen molar-refractivity contribution in [2.24, 2.45) is 5.41 Å². The summed E-state index contributed by atoms with van der Waals surface area (Å²) < 4.78 is 13.0. The molecule has 1 aliphatic rings. The number of hydrogen-bond donors (Lipinski definition) is 2. The summed E-state index contributed by atoms with van der Waals surface area (Å²) in [6, 6.07) is 3.66. The molecule has 0 aromatic heterocycles. The van der Waals surface area contributed by atoms with Crippen LogP contribution in [-0.2, 0) is 4.79 Å². The third-order valence-electron chi connectivity index (χ3n) is 3.78. The number of carboxylic acid groups (broad SMARTS) is 1. The van der Waals surface area contributed by atoms with E-state index in [4.69, 9.17) is 11.6 Å². The summed E-state index contributed by atoms with van der Waals surface area (Å²) in [4.78, 5) is 23.3. The second-order valence-electron chi connectivity index (χ2n) is 5.10. The standard InChI is InChI=1S/C14H15ClFNO3/c15-10-7-9(3-4-11(10)16)12(18)17-8-14(13(19)20)5-1-2-6-14/h3-4,7H,1-2,5-6,8H2,(H,17,18)(H,19,20). The number of hydrogen-bond acceptors (Lipinski definition) is 2. The molecule has 0 saturated heterocycles. The third kappa shape index (κ3) is 2.93. The van der Waals surface area contributed by atoms with Crippen molar-refractivity contribution >= 4 is 23.5 Å². The van der Waals surface area contributed by atoms with Gasteiger partial charge < -0.3 is 10.4 Å². The molecule has 0 spiro atoms. The van der Waals surface area contributed by atoms with Crippen molar-refractivity contribution in [1.82, 2.24) is 5.32 Å². The van der Waals surface area contributed by atoms with Crippen LogP contribution in [0.2, 0.25) is 5.02 Å². The number of halogens is 2. The zero-order valence-corrected chi connectivity index (χ0v) is 11.5. The first-order valence-corrected chi connectivity index (χ1v) is 6.79. The first-order chi connectivity index (χ1) is 9.44. The van der Waals surface area contributed by atoms with E-state index in [1.807, 2.05) is 0 Å². The van der Waals surface area contributed by atoms with Gasteiger partial charge in [0.05, 0.1) is 10.4 Å². The molecular weight excluding hydrogens is 285 g/mol. The second kappa shape index (κ2) is 5.79. The lowest BCUT2D eigenvalue weighted by atomic mass is 9.86. The van der Waals surface area contributed by atoms with Crippen LogP contribution in [0.5, 0.6) is 0 Å². The zero-order valence-electron chi connectivity index (χ0n) is 10.8. The van der Waals surface area contributed by atoms with Crippen LogP contribution in [0, 0.1) is 11.2 Å². The summed E-state index contributed by atoms with van der Waals surface area (Å²) in [5.41, 5.74) is -0.658. The lowest BCUT2D eigenvalue weighted by Crippen LogP contribution is -2.41. The number of benzene rings is 1. The zero-order chi connectivity index (χ0) is 14.8. The average molecular weight is 300 g/mol. The molecule has 0 radical (unpaired) electrons. The molecule has 1 aromatic rings. The Balaban J connectivity index is 2.04. The van der Waals surface area contributed by atoms with Crippen molar-refractivity contribution in [3.8, 4) is 0 Å². The molecule has 1 aromatic carbocycles. The van der Waals surface area contributed by atoms with Crippen molar-refractivity contribution in [2.45, 2.75) is 25.7 Å². The van der Waals surface area contributed by atoms with E-state index >= 15 is 0 Å². The normalized spacial score (nSPS) is 16.9. The van der Waals surface area contributed by atoms with Gasteiger partial charge in [-0.2, -0.15) is 0 Å². The monoisotopic (exact) mass is 299 g/mol. The minimum absolute atomic E-state index is 0.0795. The maximum atomic E-state index is 13.0. The van der Waals surface area contributed by atoms with Crippen molar-refractivity contribution in [3.05, 3.63) is 34.6 Å². The van der Waals surface area contributed by atoms with E-state index in [2.05, 4.69) is 5.32 Å². The van der Waals surface area contributed by atoms with Crippen LogP contribution in [-0.4, -0.2) is 23.5 Å². The Morgan fingerprint density at radius 2 is 2.00 bits per heavy atom. The van der Waals surface area contributed by atoms with E-state index in [-0.39, 0.29) is 17.1 Å². The molecular formula is C14H15ClFNO3. The molecule has 2 N–H and O–H groups in total. The number of aliphatic carboxylic acids is 1. The maximum Gasteiger partial charge on any atom is 0.311 e. The minimum atomic E-state index is -0.882. The fourth-order valence-corrected chi connectivity index (χ4v) is 2.69. The molecule has 20 heavy (non-hydrogen) atoms. The molecule has 6 heteroatoms. The summed E-state index contributed by atoms with van der Waals surface area (Å²) in [5, 5.41) is 11.8. The molecule has 1 amide bonds. The maximum absolute atomic E-state index is 13.0. The van der Waals surface area contributed by atoms with Crippen LogP contribution in [0.3, 0.4) is 0 Å². The average Bonchev–Trinajstić information content (AvgIpc) is 2.89. The summed E-state index contributed by atoms with van der Waals surface area (Å²) in [7, 11) is 0. The van der Waals surface area contributed by atoms with Gasteiger partial charge in [-0.05, 0) is 31.0 Å². The lowest BCUT2D eigenvalue weighted by molar-refractivity contribution is -0.148. The highest BCUT2D eigenvalue weighted by atomic mass is 35.5. The molecule has 2 rings (SSSR count). The van der Waals surface area contributed by atoms with Gasteiger partial charge >= 0.3 is 5.97 Å². The third-order valence-corrected chi connectivity index (χ3v) is 4.07. The molecule has 1 aliphatic carbocycles. The molecule has 0 aliphatic heterocycles. The molecule has 1 fully saturated rings. The van der Waals surface area contributed by atoms with Crippen LogP contribution >= 0.6 is 11.6 Å². The van der Waals surface area contributed by atoms with Gasteiger partial charge in [0.15, 0.2) is 0 Å². The fourth-order valence-electron chi connectivity index (χ4n) is 2.51. The Bertz CT molecular complexity index is 541. The second-order valence-corrected chi connectivity index (χ2v) is 5.51. The van der Waals surface area contributed by atoms with Crippen molar-refractivity contribution in [1.29, 1.82) is 0 Å². The van der Waals surface area contributed by atoms with E-state index in [0.29, 0.717) is 12.8 Å². The highest BCUT2D eigenvalue weighted by Gasteiger charge is 2.41. The summed E-state index contributed by atoms with van der Waals surface area (Å²) in [6.07, 6.45) is 2.83. The predicted octanol–water partition coefficient (Wildman–Crippen LogP) is 2.85. The van der Waals surface area contributed by atoms with Crippen molar-refractivity contribution in [2.75, 3.05) is 6.54 Å². The number of rotatable bonds is 4. The number of carbonyl (C=O) groups is 2. The predicted molar refractivity (Wildman–Crippen MR) is 72.3 cm³/mol. The van der Waals surface area contributed by atoms with Crippen LogP contribution in [0.4, 0.5) is 4.39 Å². The van der Waals surface area contributed by atoms with Crippen LogP contribution in [0.15, 0.2) is 18.2 Å². The largest absolute Gasteiger partial charge is 0.481 e. The van der Waals surface area contributed by atoms with Gasteiger partial charge in [-0.25, -0.2) is 4.39 Å². The number of carbonyl (C=O) groups excluding carboxylic acids is 1. The molecule has 4 nitrogen and oxygen atoms in total. The molecule has 1 saturated carbocycles. The molecule has 0 heterocycles. The Labute approximate surface area is 120 Å². The van der Waals surface area contributed by atoms with E-state index in [9.17, 15) is 19.1 Å². The van der Waals surface area contributed by atoms with Gasteiger partial charge in [-0.1, -0.05) is 24.4 Å². The SMILES string of the molecule is O=C(NCC1(C(=O)O)CCCC1)c1ccc(F)c(Cl)c1. The van der Waals surface area contributed by atoms with Gasteiger partial charge in [0.25, 0.3) is 5.91 Å². The van der Waals surface area contributed by atoms with E-state index in [1.54, 1.807) is 0 Å². The van der Waals surface area contributed by atoms with Crippen LogP contribution < -0.4 is 5.32 Å². The van der Waals surface area contributed by atoms with Gasteiger partial charge in [0.2, 0.25) is 0 Å². The lowest BCUT2D eigenvalue weighted by Gasteiger charge is -2.23.